The molecule has 20 heavy (non-hydrogen) atoms. The largest absolute Gasteiger partial charge is 0.496 e. The highest BCUT2D eigenvalue weighted by atomic mass is 79.9. The van der Waals surface area contributed by atoms with E-state index in [-0.39, 0.29) is 5.56 Å². The Hall–Kier alpha value is -1.53. The van der Waals surface area contributed by atoms with E-state index in [4.69, 9.17) is 4.74 Å². The summed E-state index contributed by atoms with van der Waals surface area (Å²) in [5.74, 6) is -3.69. The van der Waals surface area contributed by atoms with Crippen LogP contribution in [0.1, 0.15) is 17.2 Å². The van der Waals surface area contributed by atoms with E-state index >= 15 is 0 Å². The van der Waals surface area contributed by atoms with Crippen molar-refractivity contribution in [3.63, 3.8) is 0 Å². The van der Waals surface area contributed by atoms with Crippen LogP contribution in [0.5, 0.6) is 5.75 Å². The van der Waals surface area contributed by atoms with Crippen LogP contribution < -0.4 is 4.74 Å². The molecule has 0 heterocycles. The Morgan fingerprint density at radius 1 is 1.05 bits per heavy atom. The molecule has 0 aromatic heterocycles. The first kappa shape index (κ1) is 14.9. The summed E-state index contributed by atoms with van der Waals surface area (Å²) in [6.07, 6.45) is -1.28. The van der Waals surface area contributed by atoms with Gasteiger partial charge in [0.15, 0.2) is 17.5 Å². The monoisotopic (exact) mass is 346 g/mol. The standard InChI is InChI=1S/C14H10BrF3O2/c1-20-12-3-2-7(4-9(12)15)14(19)8-5-10(16)13(18)11(17)6-8/h2-6,14,19H,1H3. The van der Waals surface area contributed by atoms with Gasteiger partial charge in [-0.15, -0.1) is 0 Å². The molecule has 0 saturated heterocycles. The Morgan fingerprint density at radius 3 is 2.15 bits per heavy atom. The summed E-state index contributed by atoms with van der Waals surface area (Å²) in [5, 5.41) is 10.1. The average molecular weight is 347 g/mol. The van der Waals surface area contributed by atoms with Crippen LogP contribution in [0.3, 0.4) is 0 Å². The zero-order valence-electron chi connectivity index (χ0n) is 10.3. The van der Waals surface area contributed by atoms with Crippen molar-refractivity contribution in [3.05, 3.63) is 63.4 Å². The quantitative estimate of drug-likeness (QED) is 0.852. The van der Waals surface area contributed by atoms with Crippen molar-refractivity contribution in [2.45, 2.75) is 6.10 Å². The predicted octanol–water partition coefficient (Wildman–Crippen LogP) is 3.96. The molecule has 0 radical (unpaired) electrons. The number of hydrogen-bond acceptors (Lipinski definition) is 2. The van der Waals surface area contributed by atoms with Gasteiger partial charge in [-0.3, -0.25) is 0 Å². The molecule has 2 nitrogen and oxygen atoms in total. The molecule has 2 aromatic rings. The third kappa shape index (κ3) is 2.81. The van der Waals surface area contributed by atoms with Crippen LogP contribution in [0.15, 0.2) is 34.8 Å². The Balaban J connectivity index is 2.41. The minimum atomic E-state index is -1.56. The molecule has 6 heteroatoms. The van der Waals surface area contributed by atoms with Gasteiger partial charge in [0.05, 0.1) is 11.6 Å². The highest BCUT2D eigenvalue weighted by Gasteiger charge is 2.17. The number of aliphatic hydroxyl groups is 1. The number of aliphatic hydroxyl groups excluding tert-OH is 1. The lowest BCUT2D eigenvalue weighted by Gasteiger charge is -2.14. The number of methoxy groups -OCH3 is 1. The fourth-order valence-corrected chi connectivity index (χ4v) is 2.34. The predicted molar refractivity (Wildman–Crippen MR) is 71.1 cm³/mol. The van der Waals surface area contributed by atoms with Gasteiger partial charge in [-0.2, -0.15) is 0 Å². The second-order valence-electron chi connectivity index (χ2n) is 4.10. The van der Waals surface area contributed by atoms with Gasteiger partial charge in [-0.05, 0) is 51.3 Å². The molecule has 0 bridgehead atoms. The van der Waals surface area contributed by atoms with Crippen molar-refractivity contribution < 1.29 is 23.0 Å². The van der Waals surface area contributed by atoms with Gasteiger partial charge >= 0.3 is 0 Å². The van der Waals surface area contributed by atoms with Crippen LogP contribution >= 0.6 is 15.9 Å². The van der Waals surface area contributed by atoms with Gasteiger partial charge in [0.25, 0.3) is 0 Å². The summed E-state index contributed by atoms with van der Waals surface area (Å²) in [6.45, 7) is 0. The highest BCUT2D eigenvalue weighted by molar-refractivity contribution is 9.10. The van der Waals surface area contributed by atoms with Gasteiger partial charge in [-0.25, -0.2) is 13.2 Å². The van der Waals surface area contributed by atoms with E-state index in [1.54, 1.807) is 18.2 Å². The maximum absolute atomic E-state index is 13.2. The first-order chi connectivity index (χ1) is 9.43. The second-order valence-corrected chi connectivity index (χ2v) is 4.95. The lowest BCUT2D eigenvalue weighted by Crippen LogP contribution is -2.03. The van der Waals surface area contributed by atoms with Crippen molar-refractivity contribution >= 4 is 15.9 Å². The SMILES string of the molecule is COc1ccc(C(O)c2cc(F)c(F)c(F)c2)cc1Br. The summed E-state index contributed by atoms with van der Waals surface area (Å²) >= 11 is 3.24. The normalized spacial score (nSPS) is 12.3. The first-order valence-corrected chi connectivity index (χ1v) is 6.39. The molecule has 0 aliphatic carbocycles. The van der Waals surface area contributed by atoms with Crippen molar-refractivity contribution in [3.8, 4) is 5.75 Å². The maximum Gasteiger partial charge on any atom is 0.194 e. The van der Waals surface area contributed by atoms with Crippen molar-refractivity contribution in [2.24, 2.45) is 0 Å². The van der Waals surface area contributed by atoms with Gasteiger partial charge in [0.2, 0.25) is 0 Å². The van der Waals surface area contributed by atoms with Crippen molar-refractivity contribution in [1.29, 1.82) is 0 Å². The van der Waals surface area contributed by atoms with E-state index in [1.165, 1.54) is 7.11 Å². The highest BCUT2D eigenvalue weighted by Crippen LogP contribution is 2.31. The number of rotatable bonds is 3. The molecular formula is C14H10BrF3O2. The minimum absolute atomic E-state index is 0.0709. The molecule has 1 N–H and O–H groups in total. The zero-order valence-corrected chi connectivity index (χ0v) is 11.9. The number of ether oxygens (including phenoxy) is 1. The van der Waals surface area contributed by atoms with Gasteiger partial charge in [0.1, 0.15) is 11.9 Å². The summed E-state index contributed by atoms with van der Waals surface area (Å²) in [5.41, 5.74) is 0.321. The van der Waals surface area contributed by atoms with Crippen LogP contribution in [0.2, 0.25) is 0 Å². The van der Waals surface area contributed by atoms with E-state index in [2.05, 4.69) is 15.9 Å². The van der Waals surface area contributed by atoms with Crippen LogP contribution in [0.4, 0.5) is 13.2 Å². The molecular weight excluding hydrogens is 337 g/mol. The summed E-state index contributed by atoms with van der Waals surface area (Å²) in [4.78, 5) is 0. The van der Waals surface area contributed by atoms with Crippen molar-refractivity contribution in [1.82, 2.24) is 0 Å². The topological polar surface area (TPSA) is 29.5 Å². The van der Waals surface area contributed by atoms with Gasteiger partial charge < -0.3 is 9.84 Å². The van der Waals surface area contributed by atoms with Crippen molar-refractivity contribution in [2.75, 3.05) is 7.11 Å². The third-order valence-corrected chi connectivity index (χ3v) is 3.43. The Kier molecular flexibility index (Phi) is 4.35. The lowest BCUT2D eigenvalue weighted by atomic mass is 10.0. The van der Waals surface area contributed by atoms with E-state index < -0.39 is 23.6 Å². The molecule has 2 rings (SSSR count). The average Bonchev–Trinajstić information content (AvgIpc) is 2.43. The van der Waals surface area contributed by atoms with E-state index in [0.29, 0.717) is 15.8 Å². The number of halogens is 4. The Labute approximate surface area is 121 Å². The summed E-state index contributed by atoms with van der Waals surface area (Å²) < 4.78 is 44.8. The maximum atomic E-state index is 13.2. The Morgan fingerprint density at radius 2 is 1.65 bits per heavy atom. The molecule has 106 valence electrons. The van der Waals surface area contributed by atoms with Crippen LogP contribution in [0, 0.1) is 17.5 Å². The molecule has 1 unspecified atom stereocenters. The molecule has 0 saturated carbocycles. The third-order valence-electron chi connectivity index (χ3n) is 2.81. The minimum Gasteiger partial charge on any atom is -0.496 e. The fourth-order valence-electron chi connectivity index (χ4n) is 1.78. The van der Waals surface area contributed by atoms with E-state index in [0.717, 1.165) is 12.1 Å². The number of hydrogen-bond donors (Lipinski definition) is 1. The molecule has 1 atom stereocenters. The van der Waals surface area contributed by atoms with Crippen LogP contribution in [-0.2, 0) is 0 Å². The zero-order chi connectivity index (χ0) is 14.9. The molecule has 0 fully saturated rings. The van der Waals surface area contributed by atoms with E-state index in [9.17, 15) is 18.3 Å². The van der Waals surface area contributed by atoms with E-state index in [1.807, 2.05) is 0 Å². The first-order valence-electron chi connectivity index (χ1n) is 5.60. The fraction of sp³-hybridized carbons (Fsp3) is 0.143. The van der Waals surface area contributed by atoms with Gasteiger partial charge in [-0.1, -0.05) is 6.07 Å². The van der Waals surface area contributed by atoms with Crippen LogP contribution in [0.25, 0.3) is 0 Å². The molecule has 0 amide bonds. The van der Waals surface area contributed by atoms with Crippen LogP contribution in [-0.4, -0.2) is 12.2 Å². The summed E-state index contributed by atoms with van der Waals surface area (Å²) in [7, 11) is 1.49. The smallest absolute Gasteiger partial charge is 0.194 e. The molecule has 0 aliphatic rings. The number of benzene rings is 2. The second kappa shape index (κ2) is 5.85. The molecule has 0 aliphatic heterocycles. The van der Waals surface area contributed by atoms with Gasteiger partial charge in [0, 0.05) is 0 Å². The summed E-state index contributed by atoms with van der Waals surface area (Å²) in [6, 6.07) is 6.23. The Bertz CT molecular complexity index is 623. The molecule has 2 aromatic carbocycles. The lowest BCUT2D eigenvalue weighted by molar-refractivity contribution is 0.218. The molecule has 0 spiro atoms.